The van der Waals surface area contributed by atoms with Crippen molar-refractivity contribution >= 4 is 52.9 Å². The van der Waals surface area contributed by atoms with Gasteiger partial charge in [0.2, 0.25) is 0 Å². The number of carbonyl (C=O) groups excluding carboxylic acids is 2. The van der Waals surface area contributed by atoms with Crippen molar-refractivity contribution in [3.05, 3.63) is 99.5 Å². The van der Waals surface area contributed by atoms with Gasteiger partial charge in [-0.1, -0.05) is 65.7 Å². The highest BCUT2D eigenvalue weighted by Gasteiger charge is 2.58. The van der Waals surface area contributed by atoms with Crippen LogP contribution in [-0.4, -0.2) is 38.2 Å². The second kappa shape index (κ2) is 11.2. The summed E-state index contributed by atoms with van der Waals surface area (Å²) in [5.41, 5.74) is 3.48. The van der Waals surface area contributed by atoms with Crippen molar-refractivity contribution in [2.75, 3.05) is 25.5 Å². The lowest BCUT2D eigenvalue weighted by Gasteiger charge is -2.47. The molecule has 2 aliphatic rings. The molecule has 37 heavy (non-hydrogen) atoms. The molecule has 1 saturated heterocycles. The van der Waals surface area contributed by atoms with Crippen LogP contribution in [0.4, 0.5) is 5.69 Å². The predicted molar refractivity (Wildman–Crippen MR) is 153 cm³/mol. The largest absolute Gasteiger partial charge is 0.377 e. The van der Waals surface area contributed by atoms with Gasteiger partial charge < -0.3 is 10.2 Å². The Bertz CT molecular complexity index is 1260. The second-order valence-corrected chi connectivity index (χ2v) is 11.0. The smallest absolute Gasteiger partial charge is 0.154 e. The summed E-state index contributed by atoms with van der Waals surface area (Å²) in [4.78, 5) is 29.2. The number of Topliss-reactive ketones (excluding diaryl/α,β-unsaturated/α-hetero) is 2. The fraction of sp³-hybridized carbons (Fsp3) is 0.333. The fourth-order valence-electron chi connectivity index (χ4n) is 6.44. The molecule has 194 valence electrons. The molecule has 3 aromatic carbocycles. The zero-order valence-electron chi connectivity index (χ0n) is 20.9. The van der Waals surface area contributed by atoms with Gasteiger partial charge in [0.25, 0.3) is 0 Å². The van der Waals surface area contributed by atoms with Crippen LogP contribution >= 0.6 is 35.6 Å². The van der Waals surface area contributed by atoms with E-state index in [0.717, 1.165) is 22.4 Å². The zero-order chi connectivity index (χ0) is 25.4. The Morgan fingerprint density at radius 3 is 2.19 bits per heavy atom. The Morgan fingerprint density at radius 2 is 1.59 bits per heavy atom. The molecule has 1 aliphatic carbocycles. The first kappa shape index (κ1) is 27.7. The van der Waals surface area contributed by atoms with Gasteiger partial charge in [-0.15, -0.1) is 12.4 Å². The van der Waals surface area contributed by atoms with Gasteiger partial charge in [-0.2, -0.15) is 0 Å². The lowest BCUT2D eigenvalue weighted by molar-refractivity contribution is -0.128. The maximum atomic E-state index is 14.0. The third-order valence-electron chi connectivity index (χ3n) is 7.96. The molecule has 1 N–H and O–H groups in total. The quantitative estimate of drug-likeness (QED) is 0.395. The number of nitrogens with zero attached hydrogens (tertiary/aromatic N) is 1. The molecule has 7 heteroatoms. The first-order valence-electron chi connectivity index (χ1n) is 12.4. The van der Waals surface area contributed by atoms with E-state index < -0.39 is 11.5 Å². The van der Waals surface area contributed by atoms with Crippen LogP contribution in [0, 0.1) is 11.8 Å². The standard InChI is InChI=1S/C30H30Cl2N2O2.ClH/c1-34(2)25-12-4-3-7-19(25)15-27(36)29-28-24(18-33-29)26(35)13-14-30(28,20-8-5-10-22(31)16-20)21-9-6-11-23(32)17-21;/h3-12,16-17,24,28-29,33H,13-15,18H2,1-2H3;1H. The van der Waals surface area contributed by atoms with E-state index in [1.807, 2.05) is 79.7 Å². The van der Waals surface area contributed by atoms with Crippen molar-refractivity contribution in [1.82, 2.24) is 5.32 Å². The van der Waals surface area contributed by atoms with Crippen molar-refractivity contribution in [2.45, 2.75) is 30.7 Å². The highest BCUT2D eigenvalue weighted by molar-refractivity contribution is 6.31. The Morgan fingerprint density at radius 1 is 0.973 bits per heavy atom. The van der Waals surface area contributed by atoms with Crippen molar-refractivity contribution in [2.24, 2.45) is 11.8 Å². The van der Waals surface area contributed by atoms with Gasteiger partial charge in [-0.05, 0) is 53.4 Å². The lowest BCUT2D eigenvalue weighted by atomic mass is 9.54. The molecule has 3 aromatic rings. The van der Waals surface area contributed by atoms with Gasteiger partial charge in [0.1, 0.15) is 5.78 Å². The number of fused-ring (bicyclic) bond motifs is 1. The number of hydrogen-bond donors (Lipinski definition) is 1. The molecule has 0 bridgehead atoms. The molecule has 3 atom stereocenters. The van der Waals surface area contributed by atoms with E-state index in [1.54, 1.807) is 0 Å². The van der Waals surface area contributed by atoms with Crippen molar-refractivity contribution in [1.29, 1.82) is 0 Å². The van der Waals surface area contributed by atoms with Crippen LogP contribution in [0.5, 0.6) is 0 Å². The highest BCUT2D eigenvalue weighted by atomic mass is 35.5. The number of carbonyl (C=O) groups is 2. The summed E-state index contributed by atoms with van der Waals surface area (Å²) >= 11 is 13.0. The highest BCUT2D eigenvalue weighted by Crippen LogP contribution is 2.53. The number of ketones is 2. The molecule has 0 amide bonds. The van der Waals surface area contributed by atoms with E-state index in [1.165, 1.54) is 0 Å². The van der Waals surface area contributed by atoms with Crippen LogP contribution in [0.25, 0.3) is 0 Å². The van der Waals surface area contributed by atoms with Gasteiger partial charge in [-0.3, -0.25) is 9.59 Å². The molecule has 0 spiro atoms. The van der Waals surface area contributed by atoms with E-state index in [9.17, 15) is 9.59 Å². The Kier molecular flexibility index (Phi) is 8.35. The summed E-state index contributed by atoms with van der Waals surface area (Å²) in [5, 5.41) is 4.74. The average Bonchev–Trinajstić information content (AvgIpc) is 3.32. The molecular weight excluding hydrogens is 527 g/mol. The monoisotopic (exact) mass is 556 g/mol. The lowest BCUT2D eigenvalue weighted by Crippen LogP contribution is -2.52. The van der Waals surface area contributed by atoms with E-state index in [2.05, 4.69) is 17.4 Å². The fourth-order valence-corrected chi connectivity index (χ4v) is 6.82. The first-order chi connectivity index (χ1) is 17.3. The molecule has 0 aromatic heterocycles. The summed E-state index contributed by atoms with van der Waals surface area (Å²) in [5.74, 6) is -0.180. The van der Waals surface area contributed by atoms with E-state index in [0.29, 0.717) is 35.9 Å². The zero-order valence-corrected chi connectivity index (χ0v) is 23.2. The molecule has 1 heterocycles. The maximum Gasteiger partial charge on any atom is 0.154 e. The van der Waals surface area contributed by atoms with Crippen molar-refractivity contribution < 1.29 is 9.59 Å². The minimum atomic E-state index is -0.570. The number of benzene rings is 3. The summed E-state index contributed by atoms with van der Waals surface area (Å²) in [7, 11) is 3.96. The third kappa shape index (κ3) is 5.05. The van der Waals surface area contributed by atoms with E-state index >= 15 is 0 Å². The molecule has 2 fully saturated rings. The van der Waals surface area contributed by atoms with Gasteiger partial charge in [-0.25, -0.2) is 0 Å². The summed E-state index contributed by atoms with van der Waals surface area (Å²) < 4.78 is 0. The Balaban J connectivity index is 0.00000320. The molecule has 0 radical (unpaired) electrons. The molecule has 1 aliphatic heterocycles. The second-order valence-electron chi connectivity index (χ2n) is 10.1. The van der Waals surface area contributed by atoms with Crippen LogP contribution in [0.2, 0.25) is 10.0 Å². The van der Waals surface area contributed by atoms with Crippen molar-refractivity contribution in [3.8, 4) is 0 Å². The third-order valence-corrected chi connectivity index (χ3v) is 8.43. The minimum Gasteiger partial charge on any atom is -0.377 e. The summed E-state index contributed by atoms with van der Waals surface area (Å²) in [6.45, 7) is 0.498. The molecule has 3 unspecified atom stereocenters. The van der Waals surface area contributed by atoms with Crippen LogP contribution in [-0.2, 0) is 21.4 Å². The van der Waals surface area contributed by atoms with Crippen LogP contribution in [0.3, 0.4) is 0 Å². The van der Waals surface area contributed by atoms with Gasteiger partial charge >= 0.3 is 0 Å². The van der Waals surface area contributed by atoms with E-state index in [4.69, 9.17) is 23.2 Å². The summed E-state index contributed by atoms with van der Waals surface area (Å²) in [6, 6.07) is 23.2. The number of halogens is 3. The van der Waals surface area contributed by atoms with Crippen LogP contribution in [0.15, 0.2) is 72.8 Å². The van der Waals surface area contributed by atoms with Gasteiger partial charge in [0, 0.05) is 66.5 Å². The van der Waals surface area contributed by atoms with Crippen LogP contribution in [0.1, 0.15) is 29.5 Å². The minimum absolute atomic E-state index is 0. The molecule has 1 saturated carbocycles. The number of nitrogens with one attached hydrogen (secondary N) is 1. The number of para-hydroxylation sites is 1. The number of anilines is 1. The first-order valence-corrected chi connectivity index (χ1v) is 13.1. The SMILES string of the molecule is CN(C)c1ccccc1CC(=O)C1NCC2C(=O)CCC(c3cccc(Cl)c3)(c3cccc(Cl)c3)C21.Cl. The molecule has 5 rings (SSSR count). The Hall–Kier alpha value is -2.37. The number of hydrogen-bond acceptors (Lipinski definition) is 4. The average molecular weight is 558 g/mol. The van der Waals surface area contributed by atoms with Crippen molar-refractivity contribution in [3.63, 3.8) is 0 Å². The maximum absolute atomic E-state index is 14.0. The summed E-state index contributed by atoms with van der Waals surface area (Å²) in [6.07, 6.45) is 1.35. The topological polar surface area (TPSA) is 49.4 Å². The van der Waals surface area contributed by atoms with Gasteiger partial charge in [0.05, 0.1) is 6.04 Å². The Labute approximate surface area is 234 Å². The van der Waals surface area contributed by atoms with Gasteiger partial charge in [0.15, 0.2) is 5.78 Å². The molecular formula is C30H31Cl3N2O2. The predicted octanol–water partition coefficient (Wildman–Crippen LogP) is 6.15. The van der Waals surface area contributed by atoms with Crippen LogP contribution < -0.4 is 10.2 Å². The number of rotatable bonds is 6. The normalized spacial score (nSPS) is 22.2. The van der Waals surface area contributed by atoms with E-state index in [-0.39, 0.29) is 35.8 Å². The molecule has 4 nitrogen and oxygen atoms in total.